The summed E-state index contributed by atoms with van der Waals surface area (Å²) in [5.41, 5.74) is 0. The lowest BCUT2D eigenvalue weighted by molar-refractivity contribution is 0.158. The highest BCUT2D eigenvalue weighted by Crippen LogP contribution is 2.18. The molecule has 1 aliphatic rings. The summed E-state index contributed by atoms with van der Waals surface area (Å²) < 4.78 is 5.01. The van der Waals surface area contributed by atoms with Crippen LogP contribution >= 0.6 is 11.3 Å². The van der Waals surface area contributed by atoms with Gasteiger partial charge in [0.15, 0.2) is 5.13 Å². The lowest BCUT2D eigenvalue weighted by atomic mass is 10.3. The van der Waals surface area contributed by atoms with Crippen molar-refractivity contribution in [2.45, 2.75) is 13.0 Å². The van der Waals surface area contributed by atoms with Crippen molar-refractivity contribution in [1.82, 2.24) is 15.2 Å². The van der Waals surface area contributed by atoms with E-state index in [2.05, 4.69) is 15.2 Å². The summed E-state index contributed by atoms with van der Waals surface area (Å²) >= 11 is 1.64. The maximum absolute atomic E-state index is 12.0. The number of rotatable bonds is 4. The van der Waals surface area contributed by atoms with Gasteiger partial charge < -0.3 is 19.9 Å². The maximum Gasteiger partial charge on any atom is 0.317 e. The van der Waals surface area contributed by atoms with Crippen LogP contribution in [0.25, 0.3) is 0 Å². The molecule has 0 radical (unpaired) electrons. The standard InChI is InChI=1S/C12H20N4O2S/c1-10(9-18-2)14-11(17)15-4-6-16(7-5-15)12-13-3-8-19-12/h3,8,10H,4-7,9H2,1-2H3,(H,14,17). The molecule has 1 atom stereocenters. The third kappa shape index (κ3) is 3.81. The average molecular weight is 284 g/mol. The molecule has 0 saturated carbocycles. The minimum atomic E-state index is -0.0108. The van der Waals surface area contributed by atoms with Crippen LogP contribution in [0.3, 0.4) is 0 Å². The number of nitrogens with one attached hydrogen (secondary N) is 1. The van der Waals surface area contributed by atoms with Gasteiger partial charge in [0.25, 0.3) is 0 Å². The van der Waals surface area contributed by atoms with E-state index in [0.717, 1.165) is 31.3 Å². The van der Waals surface area contributed by atoms with Crippen LogP contribution in [0.2, 0.25) is 0 Å². The molecule has 1 fully saturated rings. The van der Waals surface area contributed by atoms with Gasteiger partial charge in [-0.3, -0.25) is 0 Å². The van der Waals surface area contributed by atoms with Crippen LogP contribution in [-0.4, -0.2) is 61.9 Å². The summed E-state index contributed by atoms with van der Waals surface area (Å²) in [4.78, 5) is 20.4. The maximum atomic E-state index is 12.0. The molecule has 1 N–H and O–H groups in total. The number of carbonyl (C=O) groups excluding carboxylic acids is 1. The molecule has 0 aliphatic carbocycles. The van der Waals surface area contributed by atoms with E-state index in [1.54, 1.807) is 18.4 Å². The Morgan fingerprint density at radius 3 is 2.84 bits per heavy atom. The van der Waals surface area contributed by atoms with Crippen LogP contribution in [0.5, 0.6) is 0 Å². The number of thiazole rings is 1. The molecule has 0 spiro atoms. The average Bonchev–Trinajstić information content (AvgIpc) is 2.93. The number of amides is 2. The van der Waals surface area contributed by atoms with Gasteiger partial charge in [-0.25, -0.2) is 9.78 Å². The van der Waals surface area contributed by atoms with Gasteiger partial charge >= 0.3 is 6.03 Å². The monoisotopic (exact) mass is 284 g/mol. The molecule has 2 rings (SSSR count). The third-order valence-electron chi connectivity index (χ3n) is 3.04. The molecule has 2 amide bonds. The van der Waals surface area contributed by atoms with Crippen LogP contribution in [0.15, 0.2) is 11.6 Å². The molecule has 0 bridgehead atoms. The topological polar surface area (TPSA) is 57.7 Å². The number of methoxy groups -OCH3 is 1. The highest BCUT2D eigenvalue weighted by molar-refractivity contribution is 7.13. The second-order valence-electron chi connectivity index (χ2n) is 4.59. The number of piperazine rings is 1. The van der Waals surface area contributed by atoms with Crippen LogP contribution in [0.4, 0.5) is 9.93 Å². The second kappa shape index (κ2) is 6.72. The van der Waals surface area contributed by atoms with Gasteiger partial charge in [-0.2, -0.15) is 0 Å². The third-order valence-corrected chi connectivity index (χ3v) is 3.88. The molecule has 2 heterocycles. The molecule has 1 unspecified atom stereocenters. The Labute approximate surface area is 117 Å². The number of anilines is 1. The van der Waals surface area contributed by atoms with Crippen molar-refractivity contribution in [3.05, 3.63) is 11.6 Å². The summed E-state index contributed by atoms with van der Waals surface area (Å²) in [7, 11) is 1.63. The Kier molecular flexibility index (Phi) is 4.98. The summed E-state index contributed by atoms with van der Waals surface area (Å²) in [6, 6.07) is 0.0258. The van der Waals surface area contributed by atoms with E-state index in [0.29, 0.717) is 6.61 Å². The second-order valence-corrected chi connectivity index (χ2v) is 5.47. The van der Waals surface area contributed by atoms with Crippen LogP contribution in [0.1, 0.15) is 6.92 Å². The molecular weight excluding hydrogens is 264 g/mol. The zero-order valence-corrected chi connectivity index (χ0v) is 12.2. The molecule has 1 aromatic rings. The first-order valence-electron chi connectivity index (χ1n) is 6.39. The fraction of sp³-hybridized carbons (Fsp3) is 0.667. The minimum Gasteiger partial charge on any atom is -0.383 e. The van der Waals surface area contributed by atoms with Crippen LogP contribution in [0, 0.1) is 0 Å². The zero-order chi connectivity index (χ0) is 13.7. The van der Waals surface area contributed by atoms with E-state index in [-0.39, 0.29) is 12.1 Å². The Morgan fingerprint density at radius 1 is 1.53 bits per heavy atom. The van der Waals surface area contributed by atoms with Gasteiger partial charge in [-0.1, -0.05) is 0 Å². The molecule has 106 valence electrons. The van der Waals surface area contributed by atoms with Crippen molar-refractivity contribution in [1.29, 1.82) is 0 Å². The number of hydrogen-bond acceptors (Lipinski definition) is 5. The molecule has 0 aromatic carbocycles. The predicted octanol–water partition coefficient (Wildman–Crippen LogP) is 1.01. The summed E-state index contributed by atoms with van der Waals surface area (Å²) in [6.45, 7) is 5.59. The SMILES string of the molecule is COCC(C)NC(=O)N1CCN(c2nccs2)CC1. The van der Waals surface area contributed by atoms with Crippen molar-refractivity contribution >= 4 is 22.5 Å². The summed E-state index contributed by atoms with van der Waals surface area (Å²) in [5, 5.41) is 5.94. The van der Waals surface area contributed by atoms with Crippen LogP contribution < -0.4 is 10.2 Å². The van der Waals surface area contributed by atoms with E-state index in [1.807, 2.05) is 23.4 Å². The highest BCUT2D eigenvalue weighted by Gasteiger charge is 2.22. The molecule has 6 nitrogen and oxygen atoms in total. The molecule has 19 heavy (non-hydrogen) atoms. The molecule has 1 aromatic heterocycles. The Hall–Kier alpha value is -1.34. The van der Waals surface area contributed by atoms with Gasteiger partial charge in [0.05, 0.1) is 12.6 Å². The number of urea groups is 1. The van der Waals surface area contributed by atoms with E-state index in [1.165, 1.54) is 0 Å². The lowest BCUT2D eigenvalue weighted by Gasteiger charge is -2.35. The Morgan fingerprint density at radius 2 is 2.26 bits per heavy atom. The van der Waals surface area contributed by atoms with Crippen molar-refractivity contribution in [2.24, 2.45) is 0 Å². The van der Waals surface area contributed by atoms with Crippen LogP contribution in [-0.2, 0) is 4.74 Å². The fourth-order valence-corrected chi connectivity index (χ4v) is 2.76. The predicted molar refractivity (Wildman–Crippen MR) is 75.8 cm³/mol. The van der Waals surface area contributed by atoms with E-state index < -0.39 is 0 Å². The van der Waals surface area contributed by atoms with Crippen molar-refractivity contribution in [3.8, 4) is 0 Å². The first-order valence-corrected chi connectivity index (χ1v) is 7.27. The number of carbonyl (C=O) groups is 1. The number of nitrogens with zero attached hydrogens (tertiary/aromatic N) is 3. The van der Waals surface area contributed by atoms with E-state index in [4.69, 9.17) is 4.74 Å². The van der Waals surface area contributed by atoms with Gasteiger partial charge in [-0.05, 0) is 6.92 Å². The normalized spacial score (nSPS) is 17.4. The minimum absolute atomic E-state index is 0.0108. The first kappa shape index (κ1) is 14.1. The van der Waals surface area contributed by atoms with Crippen molar-refractivity contribution in [3.63, 3.8) is 0 Å². The fourth-order valence-electron chi connectivity index (χ4n) is 2.07. The molecule has 1 aliphatic heterocycles. The number of aromatic nitrogens is 1. The van der Waals surface area contributed by atoms with Gasteiger partial charge in [0.1, 0.15) is 0 Å². The van der Waals surface area contributed by atoms with E-state index in [9.17, 15) is 4.79 Å². The Bertz CT molecular complexity index is 390. The first-order chi connectivity index (χ1) is 9.20. The number of ether oxygens (including phenoxy) is 1. The van der Waals surface area contributed by atoms with Crippen molar-refractivity contribution in [2.75, 3.05) is 44.8 Å². The lowest BCUT2D eigenvalue weighted by Crippen LogP contribution is -2.53. The Balaban J connectivity index is 1.78. The molecule has 1 saturated heterocycles. The summed E-state index contributed by atoms with van der Waals surface area (Å²) in [6.07, 6.45) is 1.81. The number of hydrogen-bond donors (Lipinski definition) is 1. The van der Waals surface area contributed by atoms with E-state index >= 15 is 0 Å². The quantitative estimate of drug-likeness (QED) is 0.896. The summed E-state index contributed by atoms with van der Waals surface area (Å²) in [5.74, 6) is 0. The molecule has 7 heteroatoms. The largest absolute Gasteiger partial charge is 0.383 e. The smallest absolute Gasteiger partial charge is 0.317 e. The van der Waals surface area contributed by atoms with Gasteiger partial charge in [0.2, 0.25) is 0 Å². The van der Waals surface area contributed by atoms with Gasteiger partial charge in [-0.15, -0.1) is 11.3 Å². The molecular formula is C12H20N4O2S. The zero-order valence-electron chi connectivity index (χ0n) is 11.3. The van der Waals surface area contributed by atoms with Crippen molar-refractivity contribution < 1.29 is 9.53 Å². The highest BCUT2D eigenvalue weighted by atomic mass is 32.1. The van der Waals surface area contributed by atoms with Gasteiger partial charge in [0, 0.05) is 44.9 Å².